The predicted octanol–water partition coefficient (Wildman–Crippen LogP) is 3.65. The average molecular weight is 449 g/mol. The lowest BCUT2D eigenvalue weighted by Crippen LogP contribution is -2.54. The van der Waals surface area contributed by atoms with E-state index in [9.17, 15) is 27.6 Å². The van der Waals surface area contributed by atoms with Gasteiger partial charge in [0.25, 0.3) is 0 Å². The molecule has 2 aromatic rings. The Hall–Kier alpha value is -3.22. The van der Waals surface area contributed by atoms with Gasteiger partial charge in [-0.15, -0.1) is 5.10 Å². The highest BCUT2D eigenvalue weighted by molar-refractivity contribution is 5.82. The predicted molar refractivity (Wildman–Crippen MR) is 109 cm³/mol. The van der Waals surface area contributed by atoms with Gasteiger partial charge in [-0.1, -0.05) is 26.0 Å². The zero-order chi connectivity index (χ0) is 23.5. The number of nitrogens with zero attached hydrogens (tertiary/aromatic N) is 4. The molecule has 0 spiro atoms. The van der Waals surface area contributed by atoms with Gasteiger partial charge in [-0.2, -0.15) is 23.5 Å². The molecule has 1 aliphatic heterocycles. The molecule has 1 aromatic heterocycles. The number of halogens is 4. The first kappa shape index (κ1) is 23.4. The van der Waals surface area contributed by atoms with E-state index in [1.54, 1.807) is 4.90 Å². The third-order valence-electron chi connectivity index (χ3n) is 5.72. The molecule has 3 rings (SSSR count). The Bertz CT molecular complexity index is 1020. The van der Waals surface area contributed by atoms with Gasteiger partial charge in [0, 0.05) is 19.0 Å². The Balaban J connectivity index is 1.96. The van der Waals surface area contributed by atoms with Crippen LogP contribution in [0.15, 0.2) is 24.3 Å². The van der Waals surface area contributed by atoms with Crippen molar-refractivity contribution in [3.05, 3.63) is 52.5 Å². The largest absolute Gasteiger partial charge is 0.471 e. The van der Waals surface area contributed by atoms with Crippen LogP contribution < -0.4 is 10.2 Å². The van der Waals surface area contributed by atoms with Crippen molar-refractivity contribution in [1.82, 2.24) is 15.5 Å². The Morgan fingerprint density at radius 1 is 1.22 bits per heavy atom. The van der Waals surface area contributed by atoms with Crippen LogP contribution >= 0.6 is 0 Å². The maximum Gasteiger partial charge on any atom is 0.471 e. The van der Waals surface area contributed by atoms with Crippen LogP contribution in [-0.4, -0.2) is 41.4 Å². The maximum absolute atomic E-state index is 13.3. The molecule has 1 amide bonds. The quantitative estimate of drug-likeness (QED) is 0.705. The number of piperidine rings is 1. The maximum atomic E-state index is 13.3. The third kappa shape index (κ3) is 4.82. The summed E-state index contributed by atoms with van der Waals surface area (Å²) in [5.74, 6) is -2.67. The number of benzene rings is 1. The van der Waals surface area contributed by atoms with Crippen molar-refractivity contribution in [1.29, 1.82) is 5.26 Å². The number of amides is 1. The van der Waals surface area contributed by atoms with Crippen molar-refractivity contribution < 1.29 is 22.4 Å². The minimum absolute atomic E-state index is 0.00183. The summed E-state index contributed by atoms with van der Waals surface area (Å²) in [7, 11) is 0. The van der Waals surface area contributed by atoms with E-state index in [-0.39, 0.29) is 6.54 Å². The molecule has 2 unspecified atom stereocenters. The summed E-state index contributed by atoms with van der Waals surface area (Å²) >= 11 is 0. The van der Waals surface area contributed by atoms with Gasteiger partial charge in [0.1, 0.15) is 17.4 Å². The number of anilines is 1. The van der Waals surface area contributed by atoms with Crippen molar-refractivity contribution in [2.75, 3.05) is 18.0 Å². The number of aryl methyl sites for hydroxylation is 1. The van der Waals surface area contributed by atoms with E-state index in [1.807, 2.05) is 13.8 Å². The summed E-state index contributed by atoms with van der Waals surface area (Å²) in [6, 6.07) is 6.73. The number of hydrogen-bond donors (Lipinski definition) is 1. The van der Waals surface area contributed by atoms with E-state index in [4.69, 9.17) is 0 Å². The van der Waals surface area contributed by atoms with Gasteiger partial charge < -0.3 is 10.2 Å². The van der Waals surface area contributed by atoms with Crippen molar-refractivity contribution >= 4 is 11.7 Å². The number of hydrogen-bond acceptors (Lipinski definition) is 5. The molecular formula is C22H23F4N5O. The molecule has 1 aliphatic rings. The molecule has 2 atom stereocenters. The van der Waals surface area contributed by atoms with Gasteiger partial charge in [0.15, 0.2) is 5.82 Å². The van der Waals surface area contributed by atoms with E-state index >= 15 is 0 Å². The molecular weight excluding hydrogens is 426 g/mol. The SMILES string of the molecule is CCc1nnc(N2CCC(c3ccc(F)cc3)C(NC(=O)C(F)(F)F)C2)c(C#N)c1CC. The smallest absolute Gasteiger partial charge is 0.352 e. The lowest BCUT2D eigenvalue weighted by atomic mass is 9.85. The number of aromatic nitrogens is 2. The van der Waals surface area contributed by atoms with Crippen LogP contribution in [0.1, 0.15) is 48.6 Å². The molecule has 0 bridgehead atoms. The molecule has 2 heterocycles. The standard InChI is InChI=1S/C22H23F4N5O/c1-3-15-17(11-27)20(30-29-18(15)4-2)31-10-9-16(13-5-7-14(23)8-6-13)19(12-31)28-21(32)22(24,25)26/h5-8,16,19H,3-4,9-10,12H2,1-2H3,(H,28,32). The van der Waals surface area contributed by atoms with Crippen molar-refractivity contribution in [3.63, 3.8) is 0 Å². The monoisotopic (exact) mass is 449 g/mol. The second-order valence-electron chi connectivity index (χ2n) is 7.61. The fourth-order valence-corrected chi connectivity index (χ4v) is 4.15. The van der Waals surface area contributed by atoms with E-state index < -0.39 is 29.9 Å². The Labute approximate surface area is 183 Å². The Morgan fingerprint density at radius 3 is 2.47 bits per heavy atom. The van der Waals surface area contributed by atoms with Gasteiger partial charge in [-0.3, -0.25) is 4.79 Å². The lowest BCUT2D eigenvalue weighted by molar-refractivity contribution is -0.174. The number of carbonyl (C=O) groups excluding carboxylic acids is 1. The van der Waals surface area contributed by atoms with E-state index in [0.717, 1.165) is 5.56 Å². The van der Waals surface area contributed by atoms with Crippen LogP contribution in [0.25, 0.3) is 0 Å². The Morgan fingerprint density at radius 2 is 1.91 bits per heavy atom. The van der Waals surface area contributed by atoms with Gasteiger partial charge in [-0.05, 0) is 42.5 Å². The molecule has 6 nitrogen and oxygen atoms in total. The molecule has 1 N–H and O–H groups in total. The molecule has 170 valence electrons. The average Bonchev–Trinajstić information content (AvgIpc) is 2.77. The normalized spacial score (nSPS) is 18.8. The van der Waals surface area contributed by atoms with E-state index in [0.29, 0.717) is 48.4 Å². The minimum atomic E-state index is -5.04. The van der Waals surface area contributed by atoms with Gasteiger partial charge in [0.05, 0.1) is 11.7 Å². The molecule has 0 saturated carbocycles. The molecule has 1 aromatic carbocycles. The summed E-state index contributed by atoms with van der Waals surface area (Å²) in [5.41, 5.74) is 2.44. The molecule has 10 heteroatoms. The van der Waals surface area contributed by atoms with Gasteiger partial charge >= 0.3 is 12.1 Å². The van der Waals surface area contributed by atoms with Crippen LogP contribution in [0, 0.1) is 17.1 Å². The van der Waals surface area contributed by atoms with Crippen LogP contribution in [-0.2, 0) is 17.6 Å². The highest BCUT2D eigenvalue weighted by Gasteiger charge is 2.42. The summed E-state index contributed by atoms with van der Waals surface area (Å²) in [6.45, 7) is 4.19. The van der Waals surface area contributed by atoms with Crippen LogP contribution in [0.4, 0.5) is 23.4 Å². The zero-order valence-corrected chi connectivity index (χ0v) is 17.7. The Kier molecular flexibility index (Phi) is 6.96. The molecule has 1 saturated heterocycles. The number of nitriles is 1. The van der Waals surface area contributed by atoms with E-state index in [1.165, 1.54) is 24.3 Å². The fourth-order valence-electron chi connectivity index (χ4n) is 4.15. The van der Waals surface area contributed by atoms with Crippen LogP contribution in [0.5, 0.6) is 0 Å². The number of alkyl halides is 3. The minimum Gasteiger partial charge on any atom is -0.352 e. The highest BCUT2D eigenvalue weighted by Crippen LogP contribution is 2.33. The third-order valence-corrected chi connectivity index (χ3v) is 5.72. The first-order chi connectivity index (χ1) is 15.2. The zero-order valence-electron chi connectivity index (χ0n) is 17.7. The highest BCUT2D eigenvalue weighted by atomic mass is 19.4. The van der Waals surface area contributed by atoms with Crippen LogP contribution in [0.2, 0.25) is 0 Å². The molecule has 1 fully saturated rings. The topological polar surface area (TPSA) is 81.9 Å². The first-order valence-electron chi connectivity index (χ1n) is 10.4. The molecule has 32 heavy (non-hydrogen) atoms. The summed E-state index contributed by atoms with van der Waals surface area (Å²) in [4.78, 5) is 13.4. The fraction of sp³-hybridized carbons (Fsp3) is 0.455. The van der Waals surface area contributed by atoms with Gasteiger partial charge in [-0.25, -0.2) is 4.39 Å². The summed E-state index contributed by atoms with van der Waals surface area (Å²) < 4.78 is 52.2. The number of rotatable bonds is 5. The van der Waals surface area contributed by atoms with Crippen molar-refractivity contribution in [3.8, 4) is 6.07 Å². The molecule has 0 radical (unpaired) electrons. The van der Waals surface area contributed by atoms with Crippen LogP contribution in [0.3, 0.4) is 0 Å². The first-order valence-corrected chi connectivity index (χ1v) is 10.4. The van der Waals surface area contributed by atoms with E-state index in [2.05, 4.69) is 21.6 Å². The second-order valence-corrected chi connectivity index (χ2v) is 7.61. The van der Waals surface area contributed by atoms with Crippen molar-refractivity contribution in [2.45, 2.75) is 51.2 Å². The van der Waals surface area contributed by atoms with Gasteiger partial charge in [0.2, 0.25) is 0 Å². The summed E-state index contributed by atoms with van der Waals surface area (Å²) in [6.07, 6.45) is -3.50. The second kappa shape index (κ2) is 9.51. The number of carbonyl (C=O) groups is 1. The summed E-state index contributed by atoms with van der Waals surface area (Å²) in [5, 5.41) is 20.2. The van der Waals surface area contributed by atoms with Crippen molar-refractivity contribution in [2.24, 2.45) is 0 Å². The number of nitrogens with one attached hydrogen (secondary N) is 1. The lowest BCUT2D eigenvalue weighted by Gasteiger charge is -2.40. The molecule has 0 aliphatic carbocycles.